The van der Waals surface area contributed by atoms with Gasteiger partial charge in [-0.2, -0.15) is 0 Å². The third-order valence-electron chi connectivity index (χ3n) is 4.77. The molecule has 3 aromatic carbocycles. The van der Waals surface area contributed by atoms with E-state index in [0.29, 0.717) is 12.6 Å². The van der Waals surface area contributed by atoms with E-state index in [1.54, 1.807) is 6.92 Å². The summed E-state index contributed by atoms with van der Waals surface area (Å²) in [5, 5.41) is 3.32. The summed E-state index contributed by atoms with van der Waals surface area (Å²) in [5.41, 5.74) is 0. The Kier molecular flexibility index (Phi) is 5.08. The molecule has 3 aromatic rings. The van der Waals surface area contributed by atoms with Crippen molar-refractivity contribution in [2.24, 2.45) is 0 Å². The Labute approximate surface area is 154 Å². The number of halogens is 1. The molecule has 0 bridgehead atoms. The minimum atomic E-state index is -3.24. The van der Waals surface area contributed by atoms with E-state index < -0.39 is 5.96 Å². The van der Waals surface area contributed by atoms with E-state index in [1.807, 2.05) is 54.6 Å². The van der Waals surface area contributed by atoms with Gasteiger partial charge in [0.1, 0.15) is 0 Å². The van der Waals surface area contributed by atoms with Crippen LogP contribution in [0.4, 0.5) is 0 Å². The monoisotopic (exact) mass is 368 g/mol. The zero-order valence-electron chi connectivity index (χ0n) is 14.3. The van der Waals surface area contributed by atoms with Crippen molar-refractivity contribution < 1.29 is 4.79 Å². The molecule has 0 N–H and O–H groups in total. The third kappa shape index (κ3) is 3.15. The molecule has 0 aliphatic rings. The molecule has 0 saturated carbocycles. The molecule has 0 heterocycles. The van der Waals surface area contributed by atoms with Crippen molar-refractivity contribution in [3.8, 4) is 0 Å². The Morgan fingerprint density at radius 1 is 0.720 bits per heavy atom. The number of hydrogen-bond donors (Lipinski definition) is 0. The summed E-state index contributed by atoms with van der Waals surface area (Å²) in [6.45, 7) is 1.64. The van der Waals surface area contributed by atoms with Gasteiger partial charge >= 0.3 is 154 Å². The Morgan fingerprint density at radius 3 is 1.32 bits per heavy atom. The summed E-state index contributed by atoms with van der Waals surface area (Å²) in [6, 6.07) is 30.8. The molecule has 0 aliphatic heterocycles. The van der Waals surface area contributed by atoms with Crippen molar-refractivity contribution in [2.45, 2.75) is 13.3 Å². The van der Waals surface area contributed by atoms with Crippen LogP contribution in [0.3, 0.4) is 0 Å². The molecule has 1 nitrogen and oxygen atoms in total. The van der Waals surface area contributed by atoms with Gasteiger partial charge < -0.3 is 0 Å². The van der Waals surface area contributed by atoms with Gasteiger partial charge in [0, 0.05) is 0 Å². The van der Waals surface area contributed by atoms with Gasteiger partial charge in [0.15, 0.2) is 0 Å². The van der Waals surface area contributed by atoms with E-state index in [1.165, 1.54) is 0 Å². The molecule has 0 spiro atoms. The van der Waals surface area contributed by atoms with Crippen LogP contribution in [0.2, 0.25) is 0 Å². The van der Waals surface area contributed by atoms with Gasteiger partial charge in [-0.3, -0.25) is 0 Å². The Balaban J connectivity index is 2.38. The first-order valence-electron chi connectivity index (χ1n) is 8.45. The molecule has 0 radical (unpaired) electrons. The first kappa shape index (κ1) is 17.9. The zero-order valence-corrected chi connectivity index (χ0v) is 16.0. The second kappa shape index (κ2) is 7.12. The van der Waals surface area contributed by atoms with Gasteiger partial charge in [0.2, 0.25) is 0 Å². The number of hydrogen-bond acceptors (Lipinski definition) is 1. The second-order valence-corrected chi connectivity index (χ2v) is 13.0. The van der Waals surface area contributed by atoms with Gasteiger partial charge in [0.05, 0.1) is 0 Å². The predicted octanol–water partition coefficient (Wildman–Crippen LogP) is 4.65. The summed E-state index contributed by atoms with van der Waals surface area (Å²) in [4.78, 5) is 11.9. The fourth-order valence-electron chi connectivity index (χ4n) is 3.42. The number of rotatable bonds is 6. The van der Waals surface area contributed by atoms with Crippen LogP contribution in [0, 0.1) is 0 Å². The Bertz CT molecular complexity index is 748. The van der Waals surface area contributed by atoms with E-state index in [4.69, 9.17) is 11.2 Å². The summed E-state index contributed by atoms with van der Waals surface area (Å²) in [6.07, 6.45) is 1.08. The Hall–Kier alpha value is -1.95. The van der Waals surface area contributed by atoms with Crippen molar-refractivity contribution in [3.63, 3.8) is 0 Å². The molecule has 0 atom stereocenters. The van der Waals surface area contributed by atoms with Crippen LogP contribution in [0.15, 0.2) is 91.0 Å². The standard InChI is InChI=1S/C22H22ClOP/c1-19(24)17-18-25(23,20-11-5-2-6-12-20,21-13-7-3-8-14-21)22-15-9-4-10-16-22/h2-16H,17-18H2,1H3. The molecule has 3 rings (SSSR count). The molecule has 3 heteroatoms. The number of Topliss-reactive ketones (excluding diaryl/α,β-unsaturated/α-hetero) is 1. The first-order valence-corrected chi connectivity index (χ1v) is 11.8. The van der Waals surface area contributed by atoms with Crippen LogP contribution in [0.1, 0.15) is 13.3 Å². The molecular weight excluding hydrogens is 347 g/mol. The fraction of sp³-hybridized carbons (Fsp3) is 0.136. The van der Waals surface area contributed by atoms with E-state index in [0.717, 1.165) is 15.9 Å². The van der Waals surface area contributed by atoms with Gasteiger partial charge in [-0.15, -0.1) is 0 Å². The number of ketones is 1. The average molecular weight is 369 g/mol. The number of benzene rings is 3. The van der Waals surface area contributed by atoms with Gasteiger partial charge in [-0.1, -0.05) is 0 Å². The SMILES string of the molecule is CC(=O)CCP(Cl)(c1ccccc1)(c1ccccc1)c1ccccc1. The van der Waals surface area contributed by atoms with Crippen LogP contribution in [0.25, 0.3) is 0 Å². The fourth-order valence-corrected chi connectivity index (χ4v) is 9.47. The molecule has 25 heavy (non-hydrogen) atoms. The molecular formula is C22H22ClOP. The van der Waals surface area contributed by atoms with Crippen molar-refractivity contribution in [3.05, 3.63) is 91.0 Å². The second-order valence-electron chi connectivity index (χ2n) is 6.37. The van der Waals surface area contributed by atoms with Crippen LogP contribution in [-0.4, -0.2) is 11.9 Å². The van der Waals surface area contributed by atoms with Crippen LogP contribution >= 0.6 is 17.2 Å². The summed E-state index contributed by atoms with van der Waals surface area (Å²) >= 11 is 7.80. The van der Waals surface area contributed by atoms with E-state index in [9.17, 15) is 4.79 Å². The van der Waals surface area contributed by atoms with Crippen LogP contribution in [0.5, 0.6) is 0 Å². The minimum absolute atomic E-state index is 0.164. The quantitative estimate of drug-likeness (QED) is 0.579. The van der Waals surface area contributed by atoms with Gasteiger partial charge in [-0.25, -0.2) is 0 Å². The molecule has 0 amide bonds. The molecule has 0 saturated heterocycles. The molecule has 0 aromatic heterocycles. The summed E-state index contributed by atoms with van der Waals surface area (Å²) < 4.78 is 0. The molecule has 128 valence electrons. The van der Waals surface area contributed by atoms with Gasteiger partial charge in [0.25, 0.3) is 0 Å². The van der Waals surface area contributed by atoms with Crippen LogP contribution in [-0.2, 0) is 4.79 Å². The predicted molar refractivity (Wildman–Crippen MR) is 111 cm³/mol. The first-order chi connectivity index (χ1) is 12.1. The maximum atomic E-state index is 11.9. The van der Waals surface area contributed by atoms with E-state index >= 15 is 0 Å². The molecule has 0 unspecified atom stereocenters. The zero-order chi connectivity index (χ0) is 17.8. The Morgan fingerprint density at radius 2 is 1.04 bits per heavy atom. The molecule has 0 fully saturated rings. The molecule has 0 aliphatic carbocycles. The summed E-state index contributed by atoms with van der Waals surface area (Å²) in [5.74, 6) is -3.08. The normalized spacial score (nSPS) is 13.0. The van der Waals surface area contributed by atoms with Gasteiger partial charge in [-0.05, 0) is 0 Å². The average Bonchev–Trinajstić information content (AvgIpc) is 2.68. The van der Waals surface area contributed by atoms with Crippen molar-refractivity contribution in [1.82, 2.24) is 0 Å². The van der Waals surface area contributed by atoms with Crippen LogP contribution < -0.4 is 15.9 Å². The van der Waals surface area contributed by atoms with Crippen molar-refractivity contribution in [1.29, 1.82) is 0 Å². The van der Waals surface area contributed by atoms with Crippen molar-refractivity contribution >= 4 is 38.9 Å². The number of carbonyl (C=O) groups is 1. The topological polar surface area (TPSA) is 17.1 Å². The number of carbonyl (C=O) groups excluding carboxylic acids is 1. The third-order valence-corrected chi connectivity index (χ3v) is 12.2. The maximum absolute atomic E-state index is 11.9. The summed E-state index contributed by atoms with van der Waals surface area (Å²) in [7, 11) is 0. The van der Waals surface area contributed by atoms with E-state index in [-0.39, 0.29) is 5.78 Å². The van der Waals surface area contributed by atoms with Crippen molar-refractivity contribution in [2.75, 3.05) is 6.16 Å². The van der Waals surface area contributed by atoms with E-state index in [2.05, 4.69) is 36.4 Å².